The van der Waals surface area contributed by atoms with E-state index in [0.29, 0.717) is 25.2 Å². The number of piperidine rings is 1. The Kier molecular flexibility index (Phi) is 3.94. The second-order valence-electron chi connectivity index (χ2n) is 5.90. The Labute approximate surface area is 134 Å². The number of nitrogens with zero attached hydrogens (tertiary/aromatic N) is 4. The Morgan fingerprint density at radius 3 is 2.74 bits per heavy atom. The van der Waals surface area contributed by atoms with Gasteiger partial charge in [-0.05, 0) is 31.0 Å². The van der Waals surface area contributed by atoms with Crippen molar-refractivity contribution in [1.82, 2.24) is 24.6 Å². The van der Waals surface area contributed by atoms with Crippen LogP contribution in [0.25, 0.3) is 0 Å². The number of carbonyl (C=O) groups excluding carboxylic acids is 2. The number of hydrogen-bond acceptors (Lipinski definition) is 3. The van der Waals surface area contributed by atoms with Gasteiger partial charge in [0, 0.05) is 39.2 Å². The maximum Gasteiger partial charge on any atom is 0.270 e. The molecule has 122 valence electrons. The van der Waals surface area contributed by atoms with Gasteiger partial charge in [0.05, 0.1) is 6.54 Å². The molecule has 3 rings (SSSR count). The fourth-order valence-electron chi connectivity index (χ4n) is 3.29. The van der Waals surface area contributed by atoms with Crippen molar-refractivity contribution in [3.63, 3.8) is 0 Å². The van der Waals surface area contributed by atoms with Gasteiger partial charge < -0.3 is 14.8 Å². The van der Waals surface area contributed by atoms with E-state index >= 15 is 0 Å². The minimum absolute atomic E-state index is 0.0577. The summed E-state index contributed by atoms with van der Waals surface area (Å²) < 4.78 is 3.47. The number of nitrogens with one attached hydrogen (secondary N) is 1. The lowest BCUT2D eigenvalue weighted by atomic mass is 9.87. The van der Waals surface area contributed by atoms with E-state index < -0.39 is 5.54 Å². The molecule has 0 aromatic carbocycles. The molecule has 7 nitrogen and oxygen atoms in total. The SMILES string of the molecule is CNC(=O)C1(n2cccn2)CCCN(C(=O)c2cccn2C)C1. The van der Waals surface area contributed by atoms with Gasteiger partial charge in [0.25, 0.3) is 5.91 Å². The first-order chi connectivity index (χ1) is 11.1. The summed E-state index contributed by atoms with van der Waals surface area (Å²) in [5, 5.41) is 6.99. The van der Waals surface area contributed by atoms with Crippen LogP contribution < -0.4 is 5.32 Å². The van der Waals surface area contributed by atoms with Crippen molar-refractivity contribution in [2.24, 2.45) is 7.05 Å². The topological polar surface area (TPSA) is 72.2 Å². The molecule has 1 unspecified atom stereocenters. The van der Waals surface area contributed by atoms with Gasteiger partial charge in [-0.15, -0.1) is 0 Å². The molecule has 2 amide bonds. The fourth-order valence-corrected chi connectivity index (χ4v) is 3.29. The first-order valence-corrected chi connectivity index (χ1v) is 7.71. The predicted octanol–water partition coefficient (Wildman–Crippen LogP) is 0.599. The number of aromatic nitrogens is 3. The third kappa shape index (κ3) is 2.52. The van der Waals surface area contributed by atoms with E-state index in [1.807, 2.05) is 19.3 Å². The van der Waals surface area contributed by atoms with E-state index in [0.717, 1.165) is 6.42 Å². The molecule has 0 bridgehead atoms. The first kappa shape index (κ1) is 15.3. The van der Waals surface area contributed by atoms with Gasteiger partial charge in [-0.25, -0.2) is 0 Å². The van der Waals surface area contributed by atoms with Crippen molar-refractivity contribution in [2.75, 3.05) is 20.1 Å². The van der Waals surface area contributed by atoms with E-state index in [2.05, 4.69) is 10.4 Å². The number of aryl methyl sites for hydroxylation is 1. The second-order valence-corrected chi connectivity index (χ2v) is 5.90. The number of rotatable bonds is 3. The molecule has 1 aliphatic rings. The van der Waals surface area contributed by atoms with Crippen LogP contribution in [0, 0.1) is 0 Å². The second kappa shape index (κ2) is 5.91. The molecule has 1 atom stereocenters. The third-order valence-corrected chi connectivity index (χ3v) is 4.51. The van der Waals surface area contributed by atoms with Crippen molar-refractivity contribution in [3.05, 3.63) is 42.5 Å². The zero-order valence-electron chi connectivity index (χ0n) is 13.4. The summed E-state index contributed by atoms with van der Waals surface area (Å²) in [7, 11) is 3.46. The largest absolute Gasteiger partial charge is 0.357 e. The summed E-state index contributed by atoms with van der Waals surface area (Å²) in [6, 6.07) is 5.44. The highest BCUT2D eigenvalue weighted by Gasteiger charge is 2.45. The summed E-state index contributed by atoms with van der Waals surface area (Å²) >= 11 is 0. The van der Waals surface area contributed by atoms with Crippen LogP contribution >= 0.6 is 0 Å². The van der Waals surface area contributed by atoms with Crippen LogP contribution in [0.1, 0.15) is 23.3 Å². The molecule has 1 saturated heterocycles. The highest BCUT2D eigenvalue weighted by Crippen LogP contribution is 2.29. The maximum atomic E-state index is 12.8. The maximum absolute atomic E-state index is 12.8. The smallest absolute Gasteiger partial charge is 0.270 e. The van der Waals surface area contributed by atoms with Crippen LogP contribution in [0.2, 0.25) is 0 Å². The van der Waals surface area contributed by atoms with Crippen LogP contribution in [0.4, 0.5) is 0 Å². The van der Waals surface area contributed by atoms with Crippen LogP contribution in [-0.2, 0) is 17.4 Å². The monoisotopic (exact) mass is 315 g/mol. The van der Waals surface area contributed by atoms with E-state index in [-0.39, 0.29) is 11.8 Å². The Morgan fingerprint density at radius 1 is 1.30 bits per heavy atom. The zero-order chi connectivity index (χ0) is 16.4. The molecule has 0 radical (unpaired) electrons. The van der Waals surface area contributed by atoms with Crippen LogP contribution in [0.5, 0.6) is 0 Å². The molecule has 0 aliphatic carbocycles. The lowest BCUT2D eigenvalue weighted by Gasteiger charge is -2.41. The number of amides is 2. The first-order valence-electron chi connectivity index (χ1n) is 7.71. The highest BCUT2D eigenvalue weighted by molar-refractivity contribution is 5.94. The van der Waals surface area contributed by atoms with Crippen molar-refractivity contribution in [3.8, 4) is 0 Å². The Hall–Kier alpha value is -2.57. The molecule has 2 aromatic rings. The number of likely N-dealkylation sites (N-methyl/N-ethyl adjacent to an activating group) is 1. The highest BCUT2D eigenvalue weighted by atomic mass is 16.2. The van der Waals surface area contributed by atoms with Crippen molar-refractivity contribution >= 4 is 11.8 Å². The van der Waals surface area contributed by atoms with Gasteiger partial charge in [0.1, 0.15) is 5.69 Å². The van der Waals surface area contributed by atoms with Gasteiger partial charge in [-0.1, -0.05) is 0 Å². The van der Waals surface area contributed by atoms with Gasteiger partial charge in [0.2, 0.25) is 5.91 Å². The lowest BCUT2D eigenvalue weighted by Crippen LogP contribution is -2.59. The summed E-state index contributed by atoms with van der Waals surface area (Å²) in [5.74, 6) is -0.178. The number of likely N-dealkylation sites (tertiary alicyclic amines) is 1. The average molecular weight is 315 g/mol. The van der Waals surface area contributed by atoms with E-state index in [1.54, 1.807) is 45.7 Å². The molecule has 0 saturated carbocycles. The molecule has 1 aliphatic heterocycles. The minimum atomic E-state index is -0.850. The molecule has 7 heteroatoms. The lowest BCUT2D eigenvalue weighted by molar-refractivity contribution is -0.132. The van der Waals surface area contributed by atoms with Gasteiger partial charge >= 0.3 is 0 Å². The average Bonchev–Trinajstić information content (AvgIpc) is 3.25. The standard InChI is InChI=1S/C16H21N5O2/c1-17-15(23)16(21-11-5-8-18-21)7-4-10-20(12-16)14(22)13-6-3-9-19(13)2/h3,5-6,8-9,11H,4,7,10,12H2,1-2H3,(H,17,23). The molecule has 2 aromatic heterocycles. The van der Waals surface area contributed by atoms with Crippen molar-refractivity contribution in [2.45, 2.75) is 18.4 Å². The normalized spacial score (nSPS) is 21.2. The summed E-state index contributed by atoms with van der Waals surface area (Å²) in [4.78, 5) is 27.1. The summed E-state index contributed by atoms with van der Waals surface area (Å²) in [6.45, 7) is 0.961. The van der Waals surface area contributed by atoms with Gasteiger partial charge in [-0.3, -0.25) is 14.3 Å². The molecule has 1 N–H and O–H groups in total. The van der Waals surface area contributed by atoms with Crippen molar-refractivity contribution in [1.29, 1.82) is 0 Å². The summed E-state index contributed by atoms with van der Waals surface area (Å²) in [5.41, 5.74) is -0.227. The molecule has 23 heavy (non-hydrogen) atoms. The van der Waals surface area contributed by atoms with E-state index in [9.17, 15) is 9.59 Å². The van der Waals surface area contributed by atoms with Gasteiger partial charge in [-0.2, -0.15) is 5.10 Å². The Bertz CT molecular complexity index is 706. The van der Waals surface area contributed by atoms with Crippen LogP contribution in [0.3, 0.4) is 0 Å². The molecule has 1 fully saturated rings. The minimum Gasteiger partial charge on any atom is -0.357 e. The Balaban J connectivity index is 1.93. The predicted molar refractivity (Wildman–Crippen MR) is 84.8 cm³/mol. The van der Waals surface area contributed by atoms with Gasteiger partial charge in [0.15, 0.2) is 5.54 Å². The molecule has 3 heterocycles. The molecular formula is C16H21N5O2. The van der Waals surface area contributed by atoms with Crippen molar-refractivity contribution < 1.29 is 9.59 Å². The van der Waals surface area contributed by atoms with E-state index in [4.69, 9.17) is 0 Å². The molecular weight excluding hydrogens is 294 g/mol. The van der Waals surface area contributed by atoms with Crippen LogP contribution in [-0.4, -0.2) is 51.2 Å². The molecule has 0 spiro atoms. The number of carbonyl (C=O) groups is 2. The van der Waals surface area contributed by atoms with E-state index in [1.165, 1.54) is 0 Å². The Morgan fingerprint density at radius 2 is 2.13 bits per heavy atom. The summed E-state index contributed by atoms with van der Waals surface area (Å²) in [6.07, 6.45) is 6.69. The zero-order valence-corrected chi connectivity index (χ0v) is 13.4. The van der Waals surface area contributed by atoms with Crippen LogP contribution in [0.15, 0.2) is 36.8 Å². The quantitative estimate of drug-likeness (QED) is 0.901. The third-order valence-electron chi connectivity index (χ3n) is 4.51. The fraction of sp³-hybridized carbons (Fsp3) is 0.438. The number of hydrogen-bond donors (Lipinski definition) is 1.